The van der Waals surface area contributed by atoms with Gasteiger partial charge in [0.2, 0.25) is 11.8 Å². The van der Waals surface area contributed by atoms with E-state index in [2.05, 4.69) is 28.6 Å². The molecule has 1 aliphatic heterocycles. The Kier molecular flexibility index (Phi) is 6.76. The highest BCUT2D eigenvalue weighted by atomic mass is 32.1. The van der Waals surface area contributed by atoms with Gasteiger partial charge in [-0.2, -0.15) is 12.6 Å². The first-order valence-electron chi connectivity index (χ1n) is 6.28. The number of hydrogen-bond donors (Lipinski definition) is 6. The summed E-state index contributed by atoms with van der Waals surface area (Å²) in [5.41, 5.74) is 0. The zero-order valence-corrected chi connectivity index (χ0v) is 11.7. The number of carbonyl (C=O) groups is 3. The topological polar surface area (TPSA) is 128 Å². The first-order valence-corrected chi connectivity index (χ1v) is 6.91. The fourth-order valence-electron chi connectivity index (χ4n) is 1.83. The highest BCUT2D eigenvalue weighted by Gasteiger charge is 2.28. The Hall–Kier alpha value is -1.32. The van der Waals surface area contributed by atoms with Crippen molar-refractivity contribution in [1.82, 2.24) is 16.0 Å². The van der Waals surface area contributed by atoms with Crippen molar-refractivity contribution in [2.45, 2.75) is 31.0 Å². The summed E-state index contributed by atoms with van der Waals surface area (Å²) in [6, 6.07) is -2.67. The smallest absolute Gasteiger partial charge is 0.328 e. The van der Waals surface area contributed by atoms with E-state index in [9.17, 15) is 14.4 Å². The second kappa shape index (κ2) is 8.08. The fourth-order valence-corrected chi connectivity index (χ4v) is 2.09. The number of aliphatic carboxylic acids is 1. The highest BCUT2D eigenvalue weighted by Crippen LogP contribution is 2.05. The van der Waals surface area contributed by atoms with Crippen LogP contribution >= 0.6 is 12.6 Å². The van der Waals surface area contributed by atoms with Gasteiger partial charge >= 0.3 is 5.97 Å². The van der Waals surface area contributed by atoms with Gasteiger partial charge in [-0.3, -0.25) is 9.59 Å². The Labute approximate surface area is 121 Å². The molecule has 3 atom stereocenters. The van der Waals surface area contributed by atoms with E-state index < -0.39 is 30.6 Å². The molecule has 0 radical (unpaired) electrons. The van der Waals surface area contributed by atoms with Crippen LogP contribution in [0.3, 0.4) is 0 Å². The third kappa shape index (κ3) is 4.66. The van der Waals surface area contributed by atoms with Gasteiger partial charge in [0.05, 0.1) is 12.6 Å². The van der Waals surface area contributed by atoms with Crippen LogP contribution in [0.5, 0.6) is 0 Å². The number of aliphatic hydroxyl groups is 1. The summed E-state index contributed by atoms with van der Waals surface area (Å²) in [6.07, 6.45) is 1.59. The van der Waals surface area contributed by atoms with Crippen LogP contribution in [-0.2, 0) is 14.4 Å². The molecule has 114 valence electrons. The van der Waals surface area contributed by atoms with Crippen molar-refractivity contribution in [3.63, 3.8) is 0 Å². The van der Waals surface area contributed by atoms with E-state index >= 15 is 0 Å². The minimum atomic E-state index is -1.40. The molecule has 1 aliphatic rings. The Morgan fingerprint density at radius 2 is 2.00 bits per heavy atom. The Bertz CT molecular complexity index is 373. The van der Waals surface area contributed by atoms with Crippen molar-refractivity contribution in [2.75, 3.05) is 18.9 Å². The van der Waals surface area contributed by atoms with Crippen molar-refractivity contribution in [2.24, 2.45) is 0 Å². The number of rotatable bonds is 7. The average molecular weight is 305 g/mol. The van der Waals surface area contributed by atoms with Crippen LogP contribution in [0.1, 0.15) is 12.8 Å². The molecule has 0 spiro atoms. The van der Waals surface area contributed by atoms with Gasteiger partial charge in [0.15, 0.2) is 0 Å². The first kappa shape index (κ1) is 16.7. The lowest BCUT2D eigenvalue weighted by molar-refractivity contribution is -0.143. The molecule has 0 bridgehead atoms. The molecule has 1 fully saturated rings. The standard InChI is InChI=1S/C11H19N3O5S/c15-4-7(11(18)19)13-10(17)8(5-20)14-9(16)6-2-1-3-12-6/h6-8,12,15,20H,1-5H2,(H,13,17)(H,14,16)(H,18,19)/t6-,7-,8-/m0/s1. The van der Waals surface area contributed by atoms with E-state index in [1.807, 2.05) is 0 Å². The highest BCUT2D eigenvalue weighted by molar-refractivity contribution is 7.80. The van der Waals surface area contributed by atoms with Gasteiger partial charge < -0.3 is 26.2 Å². The second-order valence-electron chi connectivity index (χ2n) is 4.47. The maximum absolute atomic E-state index is 11.9. The van der Waals surface area contributed by atoms with Crippen molar-refractivity contribution in [3.8, 4) is 0 Å². The van der Waals surface area contributed by atoms with Crippen LogP contribution in [0.4, 0.5) is 0 Å². The second-order valence-corrected chi connectivity index (χ2v) is 4.84. The molecular formula is C11H19N3O5S. The third-order valence-electron chi connectivity index (χ3n) is 2.99. The number of carboxylic acid groups (broad SMARTS) is 1. The molecule has 1 saturated heterocycles. The summed E-state index contributed by atoms with van der Waals surface area (Å²) >= 11 is 3.97. The van der Waals surface area contributed by atoms with Crippen LogP contribution in [-0.4, -0.2) is 65.0 Å². The molecule has 8 nitrogen and oxygen atoms in total. The number of carboxylic acids is 1. The van der Waals surface area contributed by atoms with Crippen LogP contribution in [0, 0.1) is 0 Å². The first-order chi connectivity index (χ1) is 9.49. The van der Waals surface area contributed by atoms with Crippen LogP contribution in [0.25, 0.3) is 0 Å². The van der Waals surface area contributed by atoms with Gasteiger partial charge in [0.1, 0.15) is 12.1 Å². The molecule has 0 unspecified atom stereocenters. The summed E-state index contributed by atoms with van der Waals surface area (Å²) in [6.45, 7) is 0.0277. The Morgan fingerprint density at radius 1 is 1.30 bits per heavy atom. The Balaban J connectivity index is 2.53. The lowest BCUT2D eigenvalue weighted by Crippen LogP contribution is -2.55. The van der Waals surface area contributed by atoms with E-state index in [0.717, 1.165) is 13.0 Å². The summed E-state index contributed by atoms with van der Waals surface area (Å²) < 4.78 is 0. The minimum absolute atomic E-state index is 0.0298. The average Bonchev–Trinajstić information content (AvgIpc) is 2.95. The minimum Gasteiger partial charge on any atom is -0.480 e. The molecule has 2 amide bonds. The van der Waals surface area contributed by atoms with Gasteiger partial charge in [-0.1, -0.05) is 0 Å². The molecule has 0 aromatic rings. The molecule has 20 heavy (non-hydrogen) atoms. The third-order valence-corrected chi connectivity index (χ3v) is 3.35. The molecule has 5 N–H and O–H groups in total. The number of carbonyl (C=O) groups excluding carboxylic acids is 2. The summed E-state index contributed by atoms with van der Waals surface area (Å²) in [4.78, 5) is 34.4. The quantitative estimate of drug-likeness (QED) is 0.294. The predicted octanol–water partition coefficient (Wildman–Crippen LogP) is -2.29. The van der Waals surface area contributed by atoms with Crippen LogP contribution in [0.15, 0.2) is 0 Å². The Morgan fingerprint density at radius 3 is 2.45 bits per heavy atom. The van der Waals surface area contributed by atoms with E-state index in [1.54, 1.807) is 0 Å². The number of amides is 2. The summed E-state index contributed by atoms with van der Waals surface area (Å²) in [5, 5.41) is 25.2. The maximum atomic E-state index is 11.9. The lowest BCUT2D eigenvalue weighted by atomic mass is 10.2. The van der Waals surface area contributed by atoms with Crippen LogP contribution in [0.2, 0.25) is 0 Å². The van der Waals surface area contributed by atoms with Crippen molar-refractivity contribution in [1.29, 1.82) is 0 Å². The van der Waals surface area contributed by atoms with E-state index in [0.29, 0.717) is 6.42 Å². The lowest BCUT2D eigenvalue weighted by Gasteiger charge is -2.20. The van der Waals surface area contributed by atoms with Crippen molar-refractivity contribution < 1.29 is 24.6 Å². The molecule has 9 heteroatoms. The zero-order chi connectivity index (χ0) is 15.1. The van der Waals surface area contributed by atoms with Crippen molar-refractivity contribution >= 4 is 30.4 Å². The van der Waals surface area contributed by atoms with Gasteiger partial charge in [0.25, 0.3) is 0 Å². The largest absolute Gasteiger partial charge is 0.480 e. The van der Waals surface area contributed by atoms with E-state index in [4.69, 9.17) is 10.2 Å². The van der Waals surface area contributed by atoms with Crippen molar-refractivity contribution in [3.05, 3.63) is 0 Å². The molecule has 0 aromatic carbocycles. The predicted molar refractivity (Wildman–Crippen MR) is 73.5 cm³/mol. The molecular weight excluding hydrogens is 286 g/mol. The summed E-state index contributed by atoms with van der Waals surface area (Å²) in [7, 11) is 0. The monoisotopic (exact) mass is 305 g/mol. The van der Waals surface area contributed by atoms with E-state index in [-0.39, 0.29) is 17.7 Å². The molecule has 1 heterocycles. The van der Waals surface area contributed by atoms with Gasteiger partial charge in [-0.15, -0.1) is 0 Å². The van der Waals surface area contributed by atoms with Gasteiger partial charge in [-0.05, 0) is 19.4 Å². The zero-order valence-electron chi connectivity index (χ0n) is 10.8. The molecule has 0 saturated carbocycles. The normalized spacial score (nSPS) is 21.0. The number of hydrogen-bond acceptors (Lipinski definition) is 6. The number of aliphatic hydroxyl groups excluding tert-OH is 1. The maximum Gasteiger partial charge on any atom is 0.328 e. The molecule has 1 rings (SSSR count). The van der Waals surface area contributed by atoms with Crippen LogP contribution < -0.4 is 16.0 Å². The molecule has 0 aromatic heterocycles. The van der Waals surface area contributed by atoms with Gasteiger partial charge in [0, 0.05) is 5.75 Å². The number of nitrogens with one attached hydrogen (secondary N) is 3. The summed E-state index contributed by atoms with van der Waals surface area (Å²) in [5.74, 6) is -2.31. The number of thiol groups is 1. The van der Waals surface area contributed by atoms with E-state index in [1.165, 1.54) is 0 Å². The molecule has 0 aliphatic carbocycles. The van der Waals surface area contributed by atoms with Gasteiger partial charge in [-0.25, -0.2) is 4.79 Å². The fraction of sp³-hybridized carbons (Fsp3) is 0.727. The SMILES string of the molecule is O=C(O)[C@H](CO)NC(=O)[C@H](CS)NC(=O)[C@@H]1CCCN1.